The molecule has 1 N–H and O–H groups in total. The molecule has 1 saturated heterocycles. The molecule has 0 amide bonds. The molecule has 19 heavy (non-hydrogen) atoms. The summed E-state index contributed by atoms with van der Waals surface area (Å²) in [6.07, 6.45) is 6.48. The first-order valence-corrected chi connectivity index (χ1v) is 7.91. The van der Waals surface area contributed by atoms with Gasteiger partial charge in [0.25, 0.3) is 0 Å². The number of nitrogens with one attached hydrogen (secondary N) is 1. The number of rotatable bonds is 5. The minimum atomic E-state index is 0.711. The highest BCUT2D eigenvalue weighted by atomic mass is 15.3. The zero-order valence-corrected chi connectivity index (χ0v) is 13.0. The molecule has 0 aromatic carbocycles. The maximum Gasteiger partial charge on any atom is 0.0628 e. The molecule has 0 saturated carbocycles. The number of aryl methyl sites for hydroxylation is 2. The highest BCUT2D eigenvalue weighted by Crippen LogP contribution is 2.23. The van der Waals surface area contributed by atoms with Crippen LogP contribution in [0.2, 0.25) is 0 Å². The standard InChI is InChI=1S/C16H29N3/c1-5-14-9-10-17-15(11-14)7-8-16-12(3)18-19(6-2)13(16)4/h14-15,17H,5-11H2,1-4H3. The van der Waals surface area contributed by atoms with E-state index in [1.165, 1.54) is 55.6 Å². The Morgan fingerprint density at radius 1 is 1.32 bits per heavy atom. The van der Waals surface area contributed by atoms with Crippen molar-refractivity contribution in [3.8, 4) is 0 Å². The van der Waals surface area contributed by atoms with Crippen LogP contribution < -0.4 is 5.32 Å². The molecular formula is C16H29N3. The smallest absolute Gasteiger partial charge is 0.0628 e. The quantitative estimate of drug-likeness (QED) is 0.884. The summed E-state index contributed by atoms with van der Waals surface area (Å²) in [6.45, 7) is 11.0. The van der Waals surface area contributed by atoms with Gasteiger partial charge in [0.2, 0.25) is 0 Å². The van der Waals surface area contributed by atoms with E-state index in [1.807, 2.05) is 0 Å². The van der Waals surface area contributed by atoms with Gasteiger partial charge >= 0.3 is 0 Å². The van der Waals surface area contributed by atoms with Crippen LogP contribution in [0.1, 0.15) is 56.5 Å². The summed E-state index contributed by atoms with van der Waals surface area (Å²) in [5.41, 5.74) is 4.06. The molecule has 1 fully saturated rings. The monoisotopic (exact) mass is 263 g/mol. The first-order valence-electron chi connectivity index (χ1n) is 7.91. The average Bonchev–Trinajstić information content (AvgIpc) is 2.71. The SMILES string of the molecule is CCC1CCNC(CCc2c(C)nn(CC)c2C)C1. The van der Waals surface area contributed by atoms with E-state index in [9.17, 15) is 0 Å². The Bertz CT molecular complexity index is 408. The Hall–Kier alpha value is -0.830. The Morgan fingerprint density at radius 2 is 2.11 bits per heavy atom. The molecule has 3 heteroatoms. The lowest BCUT2D eigenvalue weighted by Crippen LogP contribution is -2.38. The first kappa shape index (κ1) is 14.6. The molecule has 2 atom stereocenters. The van der Waals surface area contributed by atoms with E-state index in [4.69, 9.17) is 0 Å². The normalized spacial score (nSPS) is 23.8. The van der Waals surface area contributed by atoms with Crippen LogP contribution >= 0.6 is 0 Å². The molecule has 0 spiro atoms. The maximum absolute atomic E-state index is 4.62. The van der Waals surface area contributed by atoms with Crippen LogP contribution in [0, 0.1) is 19.8 Å². The van der Waals surface area contributed by atoms with Crippen molar-refractivity contribution in [2.75, 3.05) is 6.54 Å². The second kappa shape index (κ2) is 6.56. The molecule has 1 aliphatic rings. The first-order chi connectivity index (χ1) is 9.15. The largest absolute Gasteiger partial charge is 0.314 e. The Balaban J connectivity index is 1.93. The third kappa shape index (κ3) is 3.38. The molecule has 0 radical (unpaired) electrons. The number of aromatic nitrogens is 2. The minimum Gasteiger partial charge on any atom is -0.314 e. The summed E-state index contributed by atoms with van der Waals surface area (Å²) in [6, 6.07) is 0.711. The third-order valence-electron chi connectivity index (χ3n) is 4.75. The van der Waals surface area contributed by atoms with E-state index in [1.54, 1.807) is 0 Å². The average molecular weight is 263 g/mol. The molecule has 0 bridgehead atoms. The van der Waals surface area contributed by atoms with Gasteiger partial charge in [-0.1, -0.05) is 13.3 Å². The lowest BCUT2D eigenvalue weighted by atomic mass is 9.88. The van der Waals surface area contributed by atoms with E-state index < -0.39 is 0 Å². The summed E-state index contributed by atoms with van der Waals surface area (Å²) >= 11 is 0. The summed E-state index contributed by atoms with van der Waals surface area (Å²) in [7, 11) is 0. The van der Waals surface area contributed by atoms with Crippen molar-refractivity contribution in [2.45, 2.75) is 72.4 Å². The van der Waals surface area contributed by atoms with Gasteiger partial charge in [-0.05, 0) is 64.5 Å². The Morgan fingerprint density at radius 3 is 2.74 bits per heavy atom. The van der Waals surface area contributed by atoms with Gasteiger partial charge in [-0.15, -0.1) is 0 Å². The van der Waals surface area contributed by atoms with E-state index >= 15 is 0 Å². The second-order valence-corrected chi connectivity index (χ2v) is 5.95. The van der Waals surface area contributed by atoms with Gasteiger partial charge < -0.3 is 5.32 Å². The molecule has 2 rings (SSSR count). The minimum absolute atomic E-state index is 0.711. The molecule has 2 unspecified atom stereocenters. The lowest BCUT2D eigenvalue weighted by molar-refractivity contribution is 0.285. The van der Waals surface area contributed by atoms with Gasteiger partial charge in [-0.2, -0.15) is 5.10 Å². The number of hydrogen-bond acceptors (Lipinski definition) is 2. The molecule has 3 nitrogen and oxygen atoms in total. The molecule has 0 aliphatic carbocycles. The van der Waals surface area contributed by atoms with E-state index in [-0.39, 0.29) is 0 Å². The number of hydrogen-bond donors (Lipinski definition) is 1. The maximum atomic E-state index is 4.62. The summed E-state index contributed by atoms with van der Waals surface area (Å²) in [5, 5.41) is 8.31. The Kier molecular flexibility index (Phi) is 5.03. The second-order valence-electron chi connectivity index (χ2n) is 5.95. The van der Waals surface area contributed by atoms with E-state index in [2.05, 4.69) is 42.8 Å². The topological polar surface area (TPSA) is 29.9 Å². The van der Waals surface area contributed by atoms with Gasteiger partial charge in [0.15, 0.2) is 0 Å². The van der Waals surface area contributed by atoms with Gasteiger partial charge in [-0.3, -0.25) is 4.68 Å². The van der Waals surface area contributed by atoms with Crippen molar-refractivity contribution in [1.82, 2.24) is 15.1 Å². The fourth-order valence-corrected chi connectivity index (χ4v) is 3.41. The highest BCUT2D eigenvalue weighted by molar-refractivity contribution is 5.24. The molecule has 2 heterocycles. The van der Waals surface area contributed by atoms with Crippen LogP contribution in [-0.2, 0) is 13.0 Å². The van der Waals surface area contributed by atoms with Crippen molar-refractivity contribution in [1.29, 1.82) is 0 Å². The molecule has 1 aliphatic heterocycles. The third-order valence-corrected chi connectivity index (χ3v) is 4.75. The lowest BCUT2D eigenvalue weighted by Gasteiger charge is -2.29. The number of nitrogens with zero attached hydrogens (tertiary/aromatic N) is 2. The summed E-state index contributed by atoms with van der Waals surface area (Å²) in [5.74, 6) is 0.937. The van der Waals surface area contributed by atoms with Crippen LogP contribution in [0.4, 0.5) is 0 Å². The zero-order chi connectivity index (χ0) is 13.8. The van der Waals surface area contributed by atoms with Gasteiger partial charge in [0, 0.05) is 18.3 Å². The summed E-state index contributed by atoms with van der Waals surface area (Å²) < 4.78 is 2.13. The molecule has 108 valence electrons. The fraction of sp³-hybridized carbons (Fsp3) is 0.812. The molecule has 1 aromatic rings. The van der Waals surface area contributed by atoms with Crippen molar-refractivity contribution in [2.24, 2.45) is 5.92 Å². The Labute approximate surface area is 117 Å². The fourth-order valence-electron chi connectivity index (χ4n) is 3.41. The van der Waals surface area contributed by atoms with E-state index in [0.717, 1.165) is 12.5 Å². The van der Waals surface area contributed by atoms with Crippen molar-refractivity contribution in [3.63, 3.8) is 0 Å². The predicted molar refractivity (Wildman–Crippen MR) is 80.5 cm³/mol. The van der Waals surface area contributed by atoms with Crippen LogP contribution in [-0.4, -0.2) is 22.4 Å². The molecule has 1 aromatic heterocycles. The van der Waals surface area contributed by atoms with Crippen LogP contribution in [0.3, 0.4) is 0 Å². The van der Waals surface area contributed by atoms with Crippen LogP contribution in [0.25, 0.3) is 0 Å². The van der Waals surface area contributed by atoms with Crippen LogP contribution in [0.15, 0.2) is 0 Å². The zero-order valence-electron chi connectivity index (χ0n) is 13.0. The molecular weight excluding hydrogens is 234 g/mol. The van der Waals surface area contributed by atoms with Crippen molar-refractivity contribution in [3.05, 3.63) is 17.0 Å². The van der Waals surface area contributed by atoms with Crippen molar-refractivity contribution >= 4 is 0 Å². The highest BCUT2D eigenvalue weighted by Gasteiger charge is 2.21. The van der Waals surface area contributed by atoms with Gasteiger partial charge in [0.1, 0.15) is 0 Å². The summed E-state index contributed by atoms with van der Waals surface area (Å²) in [4.78, 5) is 0. The predicted octanol–water partition coefficient (Wildman–Crippen LogP) is 3.23. The van der Waals surface area contributed by atoms with Gasteiger partial charge in [-0.25, -0.2) is 0 Å². The van der Waals surface area contributed by atoms with Gasteiger partial charge in [0.05, 0.1) is 5.69 Å². The van der Waals surface area contributed by atoms with Crippen LogP contribution in [0.5, 0.6) is 0 Å². The van der Waals surface area contributed by atoms with E-state index in [0.29, 0.717) is 6.04 Å². The van der Waals surface area contributed by atoms with Crippen molar-refractivity contribution < 1.29 is 0 Å². The number of piperidine rings is 1.